The Bertz CT molecular complexity index is 624. The van der Waals surface area contributed by atoms with Crippen molar-refractivity contribution >= 4 is 27.2 Å². The van der Waals surface area contributed by atoms with Crippen LogP contribution in [-0.4, -0.2) is 19.4 Å². The molecule has 6 heteroatoms. The van der Waals surface area contributed by atoms with Crippen molar-refractivity contribution in [2.75, 3.05) is 0 Å². The largest absolute Gasteiger partial charge is 0.389 e. The molecular formula is C14H20N2O2S2. The van der Waals surface area contributed by atoms with E-state index in [0.29, 0.717) is 5.56 Å². The zero-order chi connectivity index (χ0) is 15.0. The molecule has 20 heavy (non-hydrogen) atoms. The molecule has 4 nitrogen and oxygen atoms in total. The minimum atomic E-state index is -3.52. The van der Waals surface area contributed by atoms with Gasteiger partial charge in [0.25, 0.3) is 0 Å². The summed E-state index contributed by atoms with van der Waals surface area (Å²) in [5.41, 5.74) is 6.31. The standard InChI is InChI=1S/C14H20N2O2S2/c1-14(2)7-6-11(9-14)16-20(17,18)12-5-3-4-10(8-12)13(15)19/h3-5,8,11,16H,6-7,9H2,1-2H3,(H2,15,19). The van der Waals surface area contributed by atoms with Gasteiger partial charge in [0.05, 0.1) is 4.90 Å². The zero-order valence-electron chi connectivity index (χ0n) is 11.7. The summed E-state index contributed by atoms with van der Waals surface area (Å²) < 4.78 is 27.5. The lowest BCUT2D eigenvalue weighted by molar-refractivity contribution is 0.372. The van der Waals surface area contributed by atoms with Gasteiger partial charge in [0, 0.05) is 11.6 Å². The lowest BCUT2D eigenvalue weighted by atomic mass is 9.92. The lowest BCUT2D eigenvalue weighted by Crippen LogP contribution is -2.33. The molecule has 1 atom stereocenters. The fourth-order valence-electron chi connectivity index (χ4n) is 2.64. The molecule has 0 aliphatic heterocycles. The summed E-state index contributed by atoms with van der Waals surface area (Å²) in [6.45, 7) is 4.32. The van der Waals surface area contributed by atoms with E-state index in [2.05, 4.69) is 18.6 Å². The van der Waals surface area contributed by atoms with Gasteiger partial charge in [-0.2, -0.15) is 0 Å². The summed E-state index contributed by atoms with van der Waals surface area (Å²) >= 11 is 4.88. The first-order valence-electron chi connectivity index (χ1n) is 6.62. The van der Waals surface area contributed by atoms with E-state index < -0.39 is 10.0 Å². The van der Waals surface area contributed by atoms with Crippen molar-refractivity contribution in [3.05, 3.63) is 29.8 Å². The van der Waals surface area contributed by atoms with Crippen molar-refractivity contribution in [1.82, 2.24) is 4.72 Å². The van der Waals surface area contributed by atoms with Crippen LogP contribution in [0.5, 0.6) is 0 Å². The van der Waals surface area contributed by atoms with E-state index in [-0.39, 0.29) is 21.3 Å². The Balaban J connectivity index is 2.19. The first-order chi connectivity index (χ1) is 9.20. The molecule has 0 saturated heterocycles. The van der Waals surface area contributed by atoms with Crippen LogP contribution in [0.3, 0.4) is 0 Å². The number of rotatable bonds is 4. The van der Waals surface area contributed by atoms with Gasteiger partial charge in [-0.1, -0.05) is 38.2 Å². The maximum Gasteiger partial charge on any atom is 0.240 e. The first-order valence-corrected chi connectivity index (χ1v) is 8.51. The second kappa shape index (κ2) is 5.42. The van der Waals surface area contributed by atoms with Crippen LogP contribution in [0.1, 0.15) is 38.7 Å². The minimum Gasteiger partial charge on any atom is -0.389 e. The Kier molecular flexibility index (Phi) is 4.18. The van der Waals surface area contributed by atoms with Crippen LogP contribution < -0.4 is 10.5 Å². The van der Waals surface area contributed by atoms with Crippen molar-refractivity contribution in [3.8, 4) is 0 Å². The van der Waals surface area contributed by atoms with Crippen molar-refractivity contribution in [3.63, 3.8) is 0 Å². The molecule has 1 aliphatic carbocycles. The smallest absolute Gasteiger partial charge is 0.240 e. The Morgan fingerprint density at radius 1 is 1.45 bits per heavy atom. The van der Waals surface area contributed by atoms with Gasteiger partial charge in [-0.15, -0.1) is 0 Å². The van der Waals surface area contributed by atoms with Crippen LogP contribution in [0.4, 0.5) is 0 Å². The van der Waals surface area contributed by atoms with Gasteiger partial charge in [-0.05, 0) is 36.8 Å². The molecule has 0 radical (unpaired) electrons. The topological polar surface area (TPSA) is 72.2 Å². The van der Waals surface area contributed by atoms with Gasteiger partial charge < -0.3 is 5.73 Å². The molecule has 0 amide bonds. The van der Waals surface area contributed by atoms with Gasteiger partial charge in [-0.25, -0.2) is 13.1 Å². The summed E-state index contributed by atoms with van der Waals surface area (Å²) in [5, 5.41) is 0. The van der Waals surface area contributed by atoms with Crippen LogP contribution in [0.15, 0.2) is 29.2 Å². The van der Waals surface area contributed by atoms with Crippen LogP contribution in [0, 0.1) is 5.41 Å². The summed E-state index contributed by atoms with van der Waals surface area (Å²) in [6, 6.07) is 6.44. The fourth-order valence-corrected chi connectivity index (χ4v) is 4.08. The Morgan fingerprint density at radius 3 is 2.70 bits per heavy atom. The summed E-state index contributed by atoms with van der Waals surface area (Å²) in [5.74, 6) is 0. The quantitative estimate of drug-likeness (QED) is 0.836. The van der Waals surface area contributed by atoms with Gasteiger partial charge in [0.1, 0.15) is 4.99 Å². The molecule has 1 aromatic carbocycles. The number of thiocarbonyl (C=S) groups is 1. The third-order valence-electron chi connectivity index (χ3n) is 3.72. The maximum atomic E-state index is 12.4. The highest BCUT2D eigenvalue weighted by atomic mass is 32.2. The molecular weight excluding hydrogens is 292 g/mol. The molecule has 0 aromatic heterocycles. The fraction of sp³-hybridized carbons (Fsp3) is 0.500. The van der Waals surface area contributed by atoms with Gasteiger partial charge >= 0.3 is 0 Å². The highest BCUT2D eigenvalue weighted by Crippen LogP contribution is 2.37. The third kappa shape index (κ3) is 3.56. The molecule has 1 saturated carbocycles. The van der Waals surface area contributed by atoms with E-state index in [9.17, 15) is 8.42 Å². The van der Waals surface area contributed by atoms with Crippen molar-refractivity contribution < 1.29 is 8.42 Å². The average molecular weight is 312 g/mol. The van der Waals surface area contributed by atoms with E-state index >= 15 is 0 Å². The molecule has 3 N–H and O–H groups in total. The number of nitrogens with two attached hydrogens (primary N) is 1. The Labute approximate surface area is 125 Å². The SMILES string of the molecule is CC1(C)CCC(NS(=O)(=O)c2cccc(C(N)=S)c2)C1. The predicted molar refractivity (Wildman–Crippen MR) is 84.1 cm³/mol. The number of sulfonamides is 1. The van der Waals surface area contributed by atoms with Crippen LogP contribution in [0.2, 0.25) is 0 Å². The van der Waals surface area contributed by atoms with Gasteiger partial charge in [-0.3, -0.25) is 0 Å². The van der Waals surface area contributed by atoms with E-state index in [1.54, 1.807) is 18.2 Å². The Hall–Kier alpha value is -0.980. The van der Waals surface area contributed by atoms with Crippen molar-refractivity contribution in [1.29, 1.82) is 0 Å². The van der Waals surface area contributed by atoms with E-state index in [1.807, 2.05) is 0 Å². The molecule has 2 rings (SSSR count). The number of hydrogen-bond donors (Lipinski definition) is 2. The minimum absolute atomic E-state index is 0.00323. The molecule has 1 aliphatic rings. The highest BCUT2D eigenvalue weighted by Gasteiger charge is 2.33. The lowest BCUT2D eigenvalue weighted by Gasteiger charge is -2.18. The molecule has 1 aromatic rings. The monoisotopic (exact) mass is 312 g/mol. The molecule has 110 valence electrons. The van der Waals surface area contributed by atoms with Gasteiger partial charge in [0.2, 0.25) is 10.0 Å². The second-order valence-electron chi connectivity index (χ2n) is 6.12. The van der Waals surface area contributed by atoms with Crippen LogP contribution in [-0.2, 0) is 10.0 Å². The summed E-state index contributed by atoms with van der Waals surface area (Å²) in [7, 11) is -3.52. The number of hydrogen-bond acceptors (Lipinski definition) is 3. The molecule has 1 unspecified atom stereocenters. The molecule has 0 heterocycles. The summed E-state index contributed by atoms with van der Waals surface area (Å²) in [4.78, 5) is 0.413. The molecule has 1 fully saturated rings. The van der Waals surface area contributed by atoms with E-state index in [0.717, 1.165) is 19.3 Å². The molecule has 0 bridgehead atoms. The van der Waals surface area contributed by atoms with E-state index in [1.165, 1.54) is 6.07 Å². The average Bonchev–Trinajstić information content (AvgIpc) is 2.68. The zero-order valence-corrected chi connectivity index (χ0v) is 13.4. The summed E-state index contributed by atoms with van der Waals surface area (Å²) in [6.07, 6.45) is 2.77. The second-order valence-corrected chi connectivity index (χ2v) is 8.27. The Morgan fingerprint density at radius 2 is 2.15 bits per heavy atom. The third-order valence-corrected chi connectivity index (χ3v) is 5.47. The molecule has 0 spiro atoms. The van der Waals surface area contributed by atoms with Crippen LogP contribution >= 0.6 is 12.2 Å². The highest BCUT2D eigenvalue weighted by molar-refractivity contribution is 7.89. The van der Waals surface area contributed by atoms with E-state index in [4.69, 9.17) is 18.0 Å². The normalized spacial score (nSPS) is 21.8. The van der Waals surface area contributed by atoms with Crippen LogP contribution in [0.25, 0.3) is 0 Å². The first kappa shape index (κ1) is 15.4. The maximum absolute atomic E-state index is 12.4. The number of nitrogens with one attached hydrogen (secondary N) is 1. The van der Waals surface area contributed by atoms with Crippen molar-refractivity contribution in [2.45, 2.75) is 44.0 Å². The van der Waals surface area contributed by atoms with Crippen molar-refractivity contribution in [2.24, 2.45) is 11.1 Å². The predicted octanol–water partition coefficient (Wildman–Crippen LogP) is 2.18. The van der Waals surface area contributed by atoms with Gasteiger partial charge in [0.15, 0.2) is 0 Å². The number of benzene rings is 1.